The van der Waals surface area contributed by atoms with E-state index in [-0.39, 0.29) is 23.4 Å². The molecule has 8 heteroatoms. The molecular formula is C32H41F2N3O3. The Bertz CT molecular complexity index is 1280. The third-order valence-electron chi connectivity index (χ3n) is 9.21. The molecule has 1 aliphatic carbocycles. The highest BCUT2D eigenvalue weighted by Crippen LogP contribution is 2.39. The Hall–Kier alpha value is -2.84. The number of aliphatic carboxylic acids is 1. The molecule has 0 aromatic heterocycles. The first-order valence-electron chi connectivity index (χ1n) is 14.5. The molecule has 0 radical (unpaired) electrons. The van der Waals surface area contributed by atoms with Crippen LogP contribution in [0.4, 0.5) is 8.78 Å². The fourth-order valence-electron chi connectivity index (χ4n) is 6.88. The van der Waals surface area contributed by atoms with Crippen LogP contribution >= 0.6 is 0 Å². The molecule has 2 fully saturated rings. The van der Waals surface area contributed by atoms with Gasteiger partial charge in [0.15, 0.2) is 0 Å². The number of carboxylic acid groups (broad SMARTS) is 1. The first kappa shape index (κ1) is 28.7. The Morgan fingerprint density at radius 1 is 1.00 bits per heavy atom. The summed E-state index contributed by atoms with van der Waals surface area (Å²) < 4.78 is 28.6. The van der Waals surface area contributed by atoms with Gasteiger partial charge in [0.2, 0.25) is 5.91 Å². The number of carbonyl (C=O) groups excluding carboxylic acids is 1. The SMILES string of the molecule is C[C@H]1CN(C(Cc2ccc3c(c2)CCC3)C(=O)O)CCN1C(=O)[C@@H]1CN(C(C)(C)C)C[C@H]1c1ccc(F)cc1F. The highest BCUT2D eigenvalue weighted by molar-refractivity contribution is 5.81. The molecule has 1 N–H and O–H groups in total. The summed E-state index contributed by atoms with van der Waals surface area (Å²) >= 11 is 0. The van der Waals surface area contributed by atoms with Gasteiger partial charge in [-0.3, -0.25) is 19.4 Å². The molecular weight excluding hydrogens is 512 g/mol. The number of carboxylic acids is 1. The Morgan fingerprint density at radius 3 is 2.42 bits per heavy atom. The lowest BCUT2D eigenvalue weighted by Gasteiger charge is -2.43. The average molecular weight is 554 g/mol. The van der Waals surface area contributed by atoms with Crippen LogP contribution in [0.15, 0.2) is 36.4 Å². The minimum absolute atomic E-state index is 0.0434. The Balaban J connectivity index is 1.31. The number of likely N-dealkylation sites (tertiary alicyclic amines) is 1. The third-order valence-corrected chi connectivity index (χ3v) is 9.21. The van der Waals surface area contributed by atoms with Crippen molar-refractivity contribution in [2.24, 2.45) is 5.92 Å². The van der Waals surface area contributed by atoms with E-state index in [2.05, 4.69) is 43.9 Å². The normalized spacial score (nSPS) is 24.8. The number of nitrogens with zero attached hydrogens (tertiary/aromatic N) is 3. The van der Waals surface area contributed by atoms with Gasteiger partial charge in [0, 0.05) is 56.3 Å². The van der Waals surface area contributed by atoms with E-state index in [0.717, 1.165) is 30.9 Å². The second-order valence-electron chi connectivity index (χ2n) is 12.8. The Morgan fingerprint density at radius 2 is 1.75 bits per heavy atom. The van der Waals surface area contributed by atoms with Gasteiger partial charge in [0.1, 0.15) is 17.7 Å². The van der Waals surface area contributed by atoms with E-state index in [1.165, 1.54) is 23.3 Å². The number of hydrogen-bond donors (Lipinski definition) is 1. The second-order valence-corrected chi connectivity index (χ2v) is 12.8. The summed E-state index contributed by atoms with van der Waals surface area (Å²) in [5.74, 6) is -2.99. The van der Waals surface area contributed by atoms with E-state index in [1.54, 1.807) is 0 Å². The second kappa shape index (κ2) is 11.2. The zero-order valence-corrected chi connectivity index (χ0v) is 24.0. The summed E-state index contributed by atoms with van der Waals surface area (Å²) in [7, 11) is 0. The van der Waals surface area contributed by atoms with Crippen molar-refractivity contribution in [1.82, 2.24) is 14.7 Å². The number of rotatable bonds is 6. The van der Waals surface area contributed by atoms with Crippen molar-refractivity contribution in [2.75, 3.05) is 32.7 Å². The minimum Gasteiger partial charge on any atom is -0.480 e. The number of amides is 1. The Kier molecular flexibility index (Phi) is 8.03. The molecule has 0 saturated carbocycles. The van der Waals surface area contributed by atoms with Gasteiger partial charge in [-0.15, -0.1) is 0 Å². The van der Waals surface area contributed by atoms with Crippen molar-refractivity contribution in [1.29, 1.82) is 0 Å². The van der Waals surface area contributed by atoms with Crippen LogP contribution in [0.3, 0.4) is 0 Å². The van der Waals surface area contributed by atoms with Gasteiger partial charge in [-0.1, -0.05) is 24.3 Å². The quantitative estimate of drug-likeness (QED) is 0.571. The van der Waals surface area contributed by atoms with Crippen LogP contribution in [-0.4, -0.2) is 82.0 Å². The van der Waals surface area contributed by atoms with Crippen LogP contribution in [0.2, 0.25) is 0 Å². The molecule has 2 saturated heterocycles. The largest absolute Gasteiger partial charge is 0.480 e. The zero-order chi connectivity index (χ0) is 28.8. The van der Waals surface area contributed by atoms with E-state index >= 15 is 0 Å². The van der Waals surface area contributed by atoms with E-state index < -0.39 is 29.6 Å². The van der Waals surface area contributed by atoms with Crippen molar-refractivity contribution in [3.8, 4) is 0 Å². The van der Waals surface area contributed by atoms with Gasteiger partial charge in [0.25, 0.3) is 0 Å². The number of benzene rings is 2. The molecule has 6 nitrogen and oxygen atoms in total. The van der Waals surface area contributed by atoms with Crippen LogP contribution in [0.1, 0.15) is 62.3 Å². The standard InChI is InChI=1S/C32H41F2N3O3/c1-20-17-35(29(31(39)40)15-21-8-9-22-6-5-7-23(22)14-21)12-13-37(20)30(38)27-19-36(32(2,3)4)18-26(27)25-11-10-24(33)16-28(25)34/h8-11,14,16,20,26-27,29H,5-7,12-13,15,17-19H2,1-4H3,(H,39,40)/t20-,26-,27+,29?/m0/s1. The molecule has 1 unspecified atom stereocenters. The molecule has 2 aromatic carbocycles. The monoisotopic (exact) mass is 553 g/mol. The maximum absolute atomic E-state index is 14.9. The molecule has 40 heavy (non-hydrogen) atoms. The number of hydrogen-bond acceptors (Lipinski definition) is 4. The summed E-state index contributed by atoms with van der Waals surface area (Å²) in [6.45, 7) is 10.5. The smallest absolute Gasteiger partial charge is 0.321 e. The number of halogens is 2. The maximum Gasteiger partial charge on any atom is 0.321 e. The van der Waals surface area contributed by atoms with Crippen molar-refractivity contribution < 1.29 is 23.5 Å². The van der Waals surface area contributed by atoms with Crippen molar-refractivity contribution in [2.45, 2.75) is 76.9 Å². The van der Waals surface area contributed by atoms with Crippen LogP contribution in [-0.2, 0) is 28.9 Å². The summed E-state index contributed by atoms with van der Waals surface area (Å²) in [4.78, 5) is 32.4. The molecule has 1 amide bonds. The predicted molar refractivity (Wildman–Crippen MR) is 150 cm³/mol. The van der Waals surface area contributed by atoms with Crippen molar-refractivity contribution in [3.63, 3.8) is 0 Å². The molecule has 2 aliphatic heterocycles. The first-order chi connectivity index (χ1) is 18.9. The van der Waals surface area contributed by atoms with E-state index in [1.807, 2.05) is 16.7 Å². The lowest BCUT2D eigenvalue weighted by Crippen LogP contribution is -2.59. The molecule has 2 heterocycles. The van der Waals surface area contributed by atoms with Gasteiger partial charge >= 0.3 is 5.97 Å². The number of aryl methyl sites for hydroxylation is 2. The zero-order valence-electron chi connectivity index (χ0n) is 24.0. The lowest BCUT2D eigenvalue weighted by molar-refractivity contribution is -0.147. The van der Waals surface area contributed by atoms with Crippen molar-refractivity contribution in [3.05, 3.63) is 70.3 Å². The van der Waals surface area contributed by atoms with E-state index in [0.29, 0.717) is 44.7 Å². The number of carbonyl (C=O) groups is 2. The molecule has 5 rings (SSSR count). The fraction of sp³-hybridized carbons (Fsp3) is 0.562. The molecule has 3 aliphatic rings. The maximum atomic E-state index is 14.9. The van der Waals surface area contributed by atoms with E-state index in [4.69, 9.17) is 0 Å². The molecule has 4 atom stereocenters. The first-order valence-corrected chi connectivity index (χ1v) is 14.5. The fourth-order valence-corrected chi connectivity index (χ4v) is 6.88. The van der Waals surface area contributed by atoms with Gasteiger partial charge in [-0.25, -0.2) is 8.78 Å². The van der Waals surface area contributed by atoms with Crippen LogP contribution < -0.4 is 0 Å². The molecule has 216 valence electrons. The highest BCUT2D eigenvalue weighted by atomic mass is 19.1. The van der Waals surface area contributed by atoms with Crippen molar-refractivity contribution >= 4 is 11.9 Å². The van der Waals surface area contributed by atoms with E-state index in [9.17, 15) is 23.5 Å². The number of piperazine rings is 1. The number of fused-ring (bicyclic) bond motifs is 1. The summed E-state index contributed by atoms with van der Waals surface area (Å²) in [6.07, 6.45) is 3.72. The predicted octanol–water partition coefficient (Wildman–Crippen LogP) is 4.50. The van der Waals surface area contributed by atoms with Crippen LogP contribution in [0.5, 0.6) is 0 Å². The molecule has 0 spiro atoms. The summed E-state index contributed by atoms with van der Waals surface area (Å²) in [5.41, 5.74) is 3.90. The van der Waals surface area contributed by atoms with Gasteiger partial charge in [0.05, 0.1) is 5.92 Å². The average Bonchev–Trinajstić information content (AvgIpc) is 3.54. The highest BCUT2D eigenvalue weighted by Gasteiger charge is 2.46. The summed E-state index contributed by atoms with van der Waals surface area (Å²) in [5, 5.41) is 10.1. The van der Waals surface area contributed by atoms with Crippen LogP contribution in [0.25, 0.3) is 0 Å². The third kappa shape index (κ3) is 5.79. The topological polar surface area (TPSA) is 64.1 Å². The lowest BCUT2D eigenvalue weighted by atomic mass is 9.87. The van der Waals surface area contributed by atoms with Gasteiger partial charge < -0.3 is 10.0 Å². The van der Waals surface area contributed by atoms with Crippen LogP contribution in [0, 0.1) is 17.6 Å². The Labute approximate surface area is 235 Å². The minimum atomic E-state index is -0.851. The molecule has 2 aromatic rings. The van der Waals surface area contributed by atoms with Gasteiger partial charge in [-0.2, -0.15) is 0 Å². The molecule has 0 bridgehead atoms. The summed E-state index contributed by atoms with van der Waals surface area (Å²) in [6, 6.07) is 9.13. The van der Waals surface area contributed by atoms with Gasteiger partial charge in [-0.05, 0) is 81.7 Å².